The number of β-amino-alcohol motifs (C(OH)–C–C–N with tert-alkyl or cyclic N) is 1. The third-order valence-electron chi connectivity index (χ3n) is 7.62. The molecule has 5 rings (SSSR count). The van der Waals surface area contributed by atoms with Crippen LogP contribution < -0.4 is 5.32 Å². The number of benzene rings is 2. The zero-order valence-corrected chi connectivity index (χ0v) is 23.6. The van der Waals surface area contributed by atoms with Crippen LogP contribution >= 0.6 is 11.3 Å². The fraction of sp³-hybridized carbons (Fsp3) is 0.387. The number of amides is 3. The molecule has 0 saturated carbocycles. The van der Waals surface area contributed by atoms with E-state index in [1.54, 1.807) is 22.3 Å². The van der Waals surface area contributed by atoms with Gasteiger partial charge in [-0.15, -0.1) is 11.3 Å². The molecule has 1 aromatic heterocycles. The van der Waals surface area contributed by atoms with Crippen molar-refractivity contribution in [2.75, 3.05) is 6.54 Å². The molecule has 3 amide bonds. The molecule has 7 nitrogen and oxygen atoms in total. The molecule has 3 aromatic rings. The number of carbonyl (C=O) groups excluding carboxylic acids is 3. The van der Waals surface area contributed by atoms with Gasteiger partial charge in [0.15, 0.2) is 0 Å². The van der Waals surface area contributed by atoms with E-state index < -0.39 is 23.6 Å². The predicted molar refractivity (Wildman–Crippen MR) is 152 cm³/mol. The van der Waals surface area contributed by atoms with Crippen LogP contribution in [0.25, 0.3) is 10.4 Å². The van der Waals surface area contributed by atoms with Crippen molar-refractivity contribution < 1.29 is 19.5 Å². The lowest BCUT2D eigenvalue weighted by Crippen LogP contribution is -2.57. The average Bonchev–Trinajstić information content (AvgIpc) is 3.59. The van der Waals surface area contributed by atoms with E-state index in [1.165, 1.54) is 15.3 Å². The number of thiophene rings is 1. The summed E-state index contributed by atoms with van der Waals surface area (Å²) in [6.45, 7) is 8.59. The number of rotatable bonds is 6. The first-order chi connectivity index (χ1) is 18.5. The topological polar surface area (TPSA) is 89.9 Å². The van der Waals surface area contributed by atoms with Gasteiger partial charge in [0.05, 0.1) is 6.10 Å². The normalized spacial score (nSPS) is 19.8. The second kappa shape index (κ2) is 10.6. The molecular weight excluding hydrogens is 510 g/mol. The van der Waals surface area contributed by atoms with E-state index in [0.29, 0.717) is 18.7 Å². The largest absolute Gasteiger partial charge is 0.391 e. The minimum atomic E-state index is -0.801. The first kappa shape index (κ1) is 27.1. The van der Waals surface area contributed by atoms with Gasteiger partial charge in [0.25, 0.3) is 5.91 Å². The minimum Gasteiger partial charge on any atom is -0.391 e. The highest BCUT2D eigenvalue weighted by Crippen LogP contribution is 2.35. The van der Waals surface area contributed by atoms with Crippen molar-refractivity contribution in [1.29, 1.82) is 0 Å². The Morgan fingerprint density at radius 3 is 2.46 bits per heavy atom. The van der Waals surface area contributed by atoms with Gasteiger partial charge in [-0.2, -0.15) is 0 Å². The van der Waals surface area contributed by atoms with Crippen LogP contribution in [0, 0.1) is 12.3 Å². The molecule has 1 fully saturated rings. The van der Waals surface area contributed by atoms with Crippen LogP contribution in [0.2, 0.25) is 0 Å². The van der Waals surface area contributed by atoms with Crippen molar-refractivity contribution in [3.63, 3.8) is 0 Å². The van der Waals surface area contributed by atoms with Gasteiger partial charge < -0.3 is 20.2 Å². The summed E-state index contributed by atoms with van der Waals surface area (Å²) < 4.78 is 0. The molecular formula is C31H35N3O4S. The molecule has 3 unspecified atom stereocenters. The lowest BCUT2D eigenvalue weighted by atomic mass is 9.84. The fourth-order valence-electron chi connectivity index (χ4n) is 5.67. The monoisotopic (exact) mass is 545 g/mol. The number of aryl methyl sites for hydroxylation is 1. The first-order valence-electron chi connectivity index (χ1n) is 13.3. The molecule has 0 spiro atoms. The third kappa shape index (κ3) is 5.36. The second-order valence-electron chi connectivity index (χ2n) is 11.6. The molecule has 0 radical (unpaired) electrons. The Labute approximate surface area is 233 Å². The van der Waals surface area contributed by atoms with E-state index in [2.05, 4.69) is 35.8 Å². The van der Waals surface area contributed by atoms with Crippen LogP contribution in [-0.4, -0.2) is 57.4 Å². The van der Waals surface area contributed by atoms with Crippen molar-refractivity contribution in [3.05, 3.63) is 82.2 Å². The van der Waals surface area contributed by atoms with Crippen LogP contribution in [0.4, 0.5) is 0 Å². The van der Waals surface area contributed by atoms with Crippen molar-refractivity contribution in [3.8, 4) is 10.4 Å². The number of hydrogen-bond donors (Lipinski definition) is 2. The number of fused-ring (bicyclic) bond motifs is 1. The second-order valence-corrected chi connectivity index (χ2v) is 12.5. The van der Waals surface area contributed by atoms with Crippen molar-refractivity contribution >= 4 is 29.1 Å². The zero-order chi connectivity index (χ0) is 27.9. The summed E-state index contributed by atoms with van der Waals surface area (Å²) in [6, 6.07) is 16.0. The summed E-state index contributed by atoms with van der Waals surface area (Å²) in [7, 11) is 0. The van der Waals surface area contributed by atoms with Crippen LogP contribution in [0.3, 0.4) is 0 Å². The Morgan fingerprint density at radius 1 is 1.10 bits per heavy atom. The minimum absolute atomic E-state index is 0.0628. The number of aliphatic hydroxyl groups is 1. The van der Waals surface area contributed by atoms with Crippen molar-refractivity contribution in [2.45, 2.75) is 65.4 Å². The predicted octanol–water partition coefficient (Wildman–Crippen LogP) is 4.37. The molecule has 0 bridgehead atoms. The Bertz CT molecular complexity index is 1390. The number of nitrogens with one attached hydrogen (secondary N) is 1. The highest BCUT2D eigenvalue weighted by molar-refractivity contribution is 7.13. The maximum absolute atomic E-state index is 14.0. The van der Waals surface area contributed by atoms with Crippen LogP contribution in [-0.2, 0) is 22.7 Å². The Kier molecular flexibility index (Phi) is 7.35. The van der Waals surface area contributed by atoms with Gasteiger partial charge in [-0.05, 0) is 52.1 Å². The lowest BCUT2D eigenvalue weighted by Gasteiger charge is -2.40. The van der Waals surface area contributed by atoms with E-state index in [9.17, 15) is 19.5 Å². The van der Waals surface area contributed by atoms with Gasteiger partial charge in [-0.3, -0.25) is 14.4 Å². The molecule has 39 heavy (non-hydrogen) atoms. The molecule has 204 valence electrons. The summed E-state index contributed by atoms with van der Waals surface area (Å²) in [5.74, 6) is -0.793. The molecule has 3 heterocycles. The highest BCUT2D eigenvalue weighted by atomic mass is 32.1. The van der Waals surface area contributed by atoms with Gasteiger partial charge >= 0.3 is 0 Å². The molecule has 1 saturated heterocycles. The quantitative estimate of drug-likeness (QED) is 0.481. The summed E-state index contributed by atoms with van der Waals surface area (Å²) >= 11 is 1.70. The number of nitrogens with zero attached hydrogens (tertiary/aromatic N) is 2. The molecule has 2 aliphatic heterocycles. The van der Waals surface area contributed by atoms with E-state index in [0.717, 1.165) is 16.7 Å². The van der Waals surface area contributed by atoms with Crippen LogP contribution in [0.5, 0.6) is 0 Å². The number of likely N-dealkylation sites (tertiary alicyclic amines) is 1. The molecule has 2 aliphatic rings. The molecule has 2 aromatic carbocycles. The first-order valence-corrected chi connectivity index (χ1v) is 14.2. The zero-order valence-electron chi connectivity index (χ0n) is 22.8. The highest BCUT2D eigenvalue weighted by Gasteiger charge is 2.48. The van der Waals surface area contributed by atoms with E-state index in [-0.39, 0.29) is 30.7 Å². The van der Waals surface area contributed by atoms with E-state index >= 15 is 0 Å². The van der Waals surface area contributed by atoms with Crippen molar-refractivity contribution in [1.82, 2.24) is 15.1 Å². The summed E-state index contributed by atoms with van der Waals surface area (Å²) in [5.41, 5.74) is 4.24. The number of aliphatic hydroxyl groups excluding tert-OH is 1. The van der Waals surface area contributed by atoms with Gasteiger partial charge in [-0.25, -0.2) is 0 Å². The third-order valence-corrected chi connectivity index (χ3v) is 8.69. The Morgan fingerprint density at radius 2 is 1.82 bits per heavy atom. The van der Waals surface area contributed by atoms with Crippen molar-refractivity contribution in [2.24, 2.45) is 5.41 Å². The maximum Gasteiger partial charge on any atom is 0.255 e. The molecule has 8 heteroatoms. The lowest BCUT2D eigenvalue weighted by molar-refractivity contribution is -0.145. The van der Waals surface area contributed by atoms with Crippen LogP contribution in [0.1, 0.15) is 54.2 Å². The van der Waals surface area contributed by atoms with E-state index in [4.69, 9.17) is 0 Å². The molecule has 3 atom stereocenters. The smallest absolute Gasteiger partial charge is 0.255 e. The van der Waals surface area contributed by atoms with Gasteiger partial charge in [0.2, 0.25) is 11.8 Å². The summed E-state index contributed by atoms with van der Waals surface area (Å²) in [6.07, 6.45) is -0.635. The Hall–Kier alpha value is -3.49. The van der Waals surface area contributed by atoms with Gasteiger partial charge in [0.1, 0.15) is 12.1 Å². The SMILES string of the molecule is Cc1ccsc1-c1ccc(CNC(=O)C2CC(O)CN2C(=O)C(N2Cc3ccccc3C2=O)C(C)(C)C)cc1. The summed E-state index contributed by atoms with van der Waals surface area (Å²) in [5, 5.41) is 15.5. The van der Waals surface area contributed by atoms with Gasteiger partial charge in [0, 0.05) is 36.5 Å². The Balaban J connectivity index is 1.30. The number of carbonyl (C=O) groups is 3. The molecule has 2 N–H and O–H groups in total. The van der Waals surface area contributed by atoms with E-state index in [1.807, 2.05) is 51.1 Å². The fourth-order valence-corrected chi connectivity index (χ4v) is 6.60. The maximum atomic E-state index is 14.0. The standard InChI is InChI=1S/C31H35N3O4S/c1-19-13-14-39-26(19)21-11-9-20(10-12-21)16-32-28(36)25-15-23(35)18-33(25)30(38)27(31(2,3)4)34-17-22-7-5-6-8-24(22)29(34)37/h5-14,23,25,27,35H,15-18H2,1-4H3,(H,32,36). The van der Waals surface area contributed by atoms with Gasteiger partial charge in [-0.1, -0.05) is 63.2 Å². The number of hydrogen-bond acceptors (Lipinski definition) is 5. The van der Waals surface area contributed by atoms with Crippen LogP contribution in [0.15, 0.2) is 60.0 Å². The average molecular weight is 546 g/mol. The molecule has 0 aliphatic carbocycles. The summed E-state index contributed by atoms with van der Waals surface area (Å²) in [4.78, 5) is 44.9.